The summed E-state index contributed by atoms with van der Waals surface area (Å²) >= 11 is 0. The molecule has 128 valence electrons. The van der Waals surface area contributed by atoms with Crippen molar-refractivity contribution in [3.63, 3.8) is 0 Å². The zero-order valence-corrected chi connectivity index (χ0v) is 14.5. The lowest BCUT2D eigenvalue weighted by molar-refractivity contribution is 0.0999. The van der Waals surface area contributed by atoms with Gasteiger partial charge in [0.25, 0.3) is 5.91 Å². The maximum atomic E-state index is 11.8. The van der Waals surface area contributed by atoms with Gasteiger partial charge in [0.15, 0.2) is 0 Å². The molecule has 1 amide bonds. The van der Waals surface area contributed by atoms with Crippen LogP contribution in [0.25, 0.3) is 11.3 Å². The van der Waals surface area contributed by atoms with Crippen LogP contribution in [-0.4, -0.2) is 17.6 Å². The van der Waals surface area contributed by atoms with Crippen molar-refractivity contribution >= 4 is 5.91 Å². The summed E-state index contributed by atoms with van der Waals surface area (Å²) < 4.78 is 7.62. The number of benzene rings is 1. The molecule has 3 rings (SSSR count). The van der Waals surface area contributed by atoms with Gasteiger partial charge in [0.05, 0.1) is 12.7 Å². The smallest absolute Gasteiger partial charge is 0.250 e. The van der Waals surface area contributed by atoms with Crippen LogP contribution in [0.5, 0.6) is 5.75 Å². The summed E-state index contributed by atoms with van der Waals surface area (Å²) in [5.74, 6) is 1.13. The third kappa shape index (κ3) is 3.32. The van der Waals surface area contributed by atoms with Crippen molar-refractivity contribution in [2.75, 3.05) is 7.11 Å². The highest BCUT2D eigenvalue weighted by Crippen LogP contribution is 2.32. The molecule has 1 heterocycles. The van der Waals surface area contributed by atoms with Gasteiger partial charge in [-0.15, -0.1) is 0 Å². The van der Waals surface area contributed by atoms with Crippen LogP contribution < -0.4 is 10.5 Å². The maximum absolute atomic E-state index is 11.8. The fourth-order valence-electron chi connectivity index (χ4n) is 3.78. The molecule has 0 radical (unpaired) electrons. The maximum Gasteiger partial charge on any atom is 0.250 e. The van der Waals surface area contributed by atoms with Gasteiger partial charge in [-0.2, -0.15) is 0 Å². The van der Waals surface area contributed by atoms with Gasteiger partial charge in [-0.25, -0.2) is 0 Å². The van der Waals surface area contributed by atoms with E-state index in [1.165, 1.54) is 32.1 Å². The van der Waals surface area contributed by atoms with E-state index in [0.717, 1.165) is 29.2 Å². The Morgan fingerprint density at radius 1 is 1.25 bits per heavy atom. The van der Waals surface area contributed by atoms with Gasteiger partial charge in [0.1, 0.15) is 5.75 Å². The average Bonchev–Trinajstić information content (AvgIpc) is 2.93. The summed E-state index contributed by atoms with van der Waals surface area (Å²) in [6, 6.07) is 9.90. The molecular weight excluding hydrogens is 300 g/mol. The van der Waals surface area contributed by atoms with Crippen molar-refractivity contribution in [3.05, 3.63) is 41.6 Å². The number of nitrogens with two attached hydrogens (primary N) is 1. The van der Waals surface area contributed by atoms with E-state index in [9.17, 15) is 4.79 Å². The van der Waals surface area contributed by atoms with Crippen molar-refractivity contribution in [2.45, 2.75) is 45.6 Å². The van der Waals surface area contributed by atoms with E-state index in [4.69, 9.17) is 10.5 Å². The number of carbonyl (C=O) groups excluding carboxylic acids is 1. The zero-order chi connectivity index (χ0) is 17.1. The summed E-state index contributed by atoms with van der Waals surface area (Å²) in [6.07, 6.45) is 6.49. The van der Waals surface area contributed by atoms with E-state index in [1.54, 1.807) is 7.11 Å². The molecule has 1 aromatic heterocycles. The fraction of sp³-hybridized carbons (Fsp3) is 0.450. The van der Waals surface area contributed by atoms with Crippen LogP contribution in [0.3, 0.4) is 0 Å². The molecule has 4 heteroatoms. The summed E-state index contributed by atoms with van der Waals surface area (Å²) in [5.41, 5.74) is 9.27. The molecule has 1 aliphatic rings. The molecule has 0 atom stereocenters. The van der Waals surface area contributed by atoms with Gasteiger partial charge < -0.3 is 15.0 Å². The van der Waals surface area contributed by atoms with E-state index in [-0.39, 0.29) is 5.91 Å². The summed E-state index contributed by atoms with van der Waals surface area (Å²) in [6.45, 7) is 2.94. The number of hydrogen-bond acceptors (Lipinski definition) is 2. The Balaban J connectivity index is 2.02. The molecule has 0 bridgehead atoms. The molecule has 1 saturated carbocycles. The molecule has 1 aromatic carbocycles. The Labute approximate surface area is 143 Å². The minimum absolute atomic E-state index is 0.362. The monoisotopic (exact) mass is 326 g/mol. The number of aromatic nitrogens is 1. The molecule has 0 aliphatic heterocycles. The van der Waals surface area contributed by atoms with Crippen molar-refractivity contribution in [1.82, 2.24) is 4.57 Å². The molecule has 1 fully saturated rings. The fourth-order valence-corrected chi connectivity index (χ4v) is 3.78. The summed E-state index contributed by atoms with van der Waals surface area (Å²) in [4.78, 5) is 11.8. The normalized spacial score (nSPS) is 15.4. The molecule has 2 N–H and O–H groups in total. The van der Waals surface area contributed by atoms with Gasteiger partial charge in [-0.3, -0.25) is 4.79 Å². The number of hydrogen-bond donors (Lipinski definition) is 1. The predicted molar refractivity (Wildman–Crippen MR) is 96.2 cm³/mol. The number of rotatable bonds is 5. The van der Waals surface area contributed by atoms with E-state index in [0.29, 0.717) is 11.5 Å². The lowest BCUT2D eigenvalue weighted by Gasteiger charge is -2.24. The topological polar surface area (TPSA) is 57.2 Å². The van der Waals surface area contributed by atoms with Gasteiger partial charge in [0.2, 0.25) is 0 Å². The number of carbonyl (C=O) groups is 1. The first-order valence-electron chi connectivity index (χ1n) is 8.74. The van der Waals surface area contributed by atoms with E-state index < -0.39 is 0 Å². The number of primary amides is 1. The van der Waals surface area contributed by atoms with E-state index in [1.807, 2.05) is 31.2 Å². The third-order valence-electron chi connectivity index (χ3n) is 5.16. The van der Waals surface area contributed by atoms with Gasteiger partial charge in [0, 0.05) is 23.5 Å². The van der Waals surface area contributed by atoms with Crippen molar-refractivity contribution in [1.29, 1.82) is 0 Å². The lowest BCUT2D eigenvalue weighted by Crippen LogP contribution is -2.17. The molecular formula is C20H26N2O2. The standard InChI is InChI=1S/C20H26N2O2/c1-14-18(20(21)23)12-19(16-9-6-10-17(11-16)24-2)22(14)13-15-7-4-3-5-8-15/h6,9-12,15H,3-5,7-8,13H2,1-2H3,(H2,21,23). The Hall–Kier alpha value is -2.23. The van der Waals surface area contributed by atoms with Crippen LogP contribution in [0.4, 0.5) is 0 Å². The van der Waals surface area contributed by atoms with Crippen LogP contribution in [0.1, 0.15) is 48.2 Å². The Morgan fingerprint density at radius 2 is 2.00 bits per heavy atom. The SMILES string of the molecule is COc1cccc(-c2cc(C(N)=O)c(C)n2CC2CCCCC2)c1. The quantitative estimate of drug-likeness (QED) is 0.897. The molecule has 0 unspecified atom stereocenters. The van der Waals surface area contributed by atoms with E-state index in [2.05, 4.69) is 10.6 Å². The number of nitrogens with zero attached hydrogens (tertiary/aromatic N) is 1. The van der Waals surface area contributed by atoms with Crippen LogP contribution >= 0.6 is 0 Å². The second-order valence-electron chi connectivity index (χ2n) is 6.74. The Kier molecular flexibility index (Phi) is 4.93. The molecule has 0 saturated heterocycles. The molecule has 4 nitrogen and oxygen atoms in total. The van der Waals surface area contributed by atoms with Gasteiger partial charge >= 0.3 is 0 Å². The van der Waals surface area contributed by atoms with E-state index >= 15 is 0 Å². The molecule has 24 heavy (non-hydrogen) atoms. The van der Waals surface area contributed by atoms with Crippen molar-refractivity contribution < 1.29 is 9.53 Å². The van der Waals surface area contributed by atoms with Crippen LogP contribution in [-0.2, 0) is 6.54 Å². The first kappa shape index (κ1) is 16.6. The Bertz CT molecular complexity index is 727. The average molecular weight is 326 g/mol. The number of ether oxygens (including phenoxy) is 1. The van der Waals surface area contributed by atoms with Crippen LogP contribution in [0, 0.1) is 12.8 Å². The van der Waals surface area contributed by atoms with Gasteiger partial charge in [-0.05, 0) is 43.9 Å². The zero-order valence-electron chi connectivity index (χ0n) is 14.5. The van der Waals surface area contributed by atoms with Crippen molar-refractivity contribution in [2.24, 2.45) is 11.7 Å². The highest BCUT2D eigenvalue weighted by atomic mass is 16.5. The number of amides is 1. The Morgan fingerprint density at radius 3 is 2.67 bits per heavy atom. The molecule has 1 aliphatic carbocycles. The summed E-state index contributed by atoms with van der Waals surface area (Å²) in [5, 5.41) is 0. The first-order valence-corrected chi connectivity index (χ1v) is 8.74. The lowest BCUT2D eigenvalue weighted by atomic mass is 9.89. The minimum Gasteiger partial charge on any atom is -0.497 e. The third-order valence-corrected chi connectivity index (χ3v) is 5.16. The second kappa shape index (κ2) is 7.12. The predicted octanol–water partition coefficient (Wildman–Crippen LogP) is 4.15. The molecule has 0 spiro atoms. The largest absolute Gasteiger partial charge is 0.497 e. The van der Waals surface area contributed by atoms with Crippen LogP contribution in [0.2, 0.25) is 0 Å². The summed E-state index contributed by atoms with van der Waals surface area (Å²) in [7, 11) is 1.67. The first-order chi connectivity index (χ1) is 11.6. The highest BCUT2D eigenvalue weighted by molar-refractivity contribution is 5.95. The highest BCUT2D eigenvalue weighted by Gasteiger charge is 2.21. The minimum atomic E-state index is -0.362. The number of methoxy groups -OCH3 is 1. The van der Waals surface area contributed by atoms with Crippen LogP contribution in [0.15, 0.2) is 30.3 Å². The second-order valence-corrected chi connectivity index (χ2v) is 6.74. The van der Waals surface area contributed by atoms with Crippen molar-refractivity contribution in [3.8, 4) is 17.0 Å². The molecule has 2 aromatic rings. The van der Waals surface area contributed by atoms with Gasteiger partial charge in [-0.1, -0.05) is 31.4 Å².